The van der Waals surface area contributed by atoms with Gasteiger partial charge in [-0.3, -0.25) is 9.48 Å². The summed E-state index contributed by atoms with van der Waals surface area (Å²) >= 11 is 0. The van der Waals surface area contributed by atoms with Gasteiger partial charge in [-0.2, -0.15) is 5.10 Å². The van der Waals surface area contributed by atoms with Gasteiger partial charge in [0.1, 0.15) is 0 Å². The number of hydrogen-bond donors (Lipinski definition) is 0. The predicted octanol–water partition coefficient (Wildman–Crippen LogP) is 2.96. The van der Waals surface area contributed by atoms with Crippen LogP contribution in [0.15, 0.2) is 48.8 Å². The van der Waals surface area contributed by atoms with E-state index in [0.29, 0.717) is 0 Å². The number of hydrogen-bond acceptors (Lipinski definition) is 2. The molecular formula is C18H21N3O. The first kappa shape index (κ1) is 14.6. The molecule has 4 nitrogen and oxygen atoms in total. The van der Waals surface area contributed by atoms with Crippen LogP contribution in [0.1, 0.15) is 30.4 Å². The van der Waals surface area contributed by atoms with E-state index in [1.165, 1.54) is 12.0 Å². The first-order valence-corrected chi connectivity index (χ1v) is 7.85. The van der Waals surface area contributed by atoms with Gasteiger partial charge in [0.25, 0.3) is 0 Å². The van der Waals surface area contributed by atoms with Gasteiger partial charge in [0.05, 0.1) is 12.7 Å². The van der Waals surface area contributed by atoms with E-state index in [1.54, 1.807) is 12.3 Å². The zero-order chi connectivity index (χ0) is 15.2. The van der Waals surface area contributed by atoms with E-state index in [-0.39, 0.29) is 5.91 Å². The molecular weight excluding hydrogens is 274 g/mol. The quantitative estimate of drug-likeness (QED) is 0.813. The summed E-state index contributed by atoms with van der Waals surface area (Å²) in [4.78, 5) is 14.0. The van der Waals surface area contributed by atoms with Crippen molar-refractivity contribution in [2.45, 2.75) is 25.8 Å². The Morgan fingerprint density at radius 1 is 1.14 bits per heavy atom. The van der Waals surface area contributed by atoms with Gasteiger partial charge < -0.3 is 4.90 Å². The number of benzene rings is 1. The minimum Gasteiger partial charge on any atom is -0.339 e. The molecule has 1 aromatic heterocycles. The molecule has 2 aromatic rings. The van der Waals surface area contributed by atoms with Gasteiger partial charge >= 0.3 is 0 Å². The monoisotopic (exact) mass is 295 g/mol. The predicted molar refractivity (Wildman–Crippen MR) is 87.2 cm³/mol. The first-order chi connectivity index (χ1) is 10.8. The summed E-state index contributed by atoms with van der Waals surface area (Å²) in [7, 11) is 0. The lowest BCUT2D eigenvalue weighted by Crippen LogP contribution is -2.34. The summed E-state index contributed by atoms with van der Waals surface area (Å²) in [5.41, 5.74) is 2.17. The maximum atomic E-state index is 12.1. The van der Waals surface area contributed by atoms with E-state index >= 15 is 0 Å². The van der Waals surface area contributed by atoms with Crippen molar-refractivity contribution in [1.82, 2.24) is 14.7 Å². The fourth-order valence-corrected chi connectivity index (χ4v) is 2.71. The molecule has 0 radical (unpaired) electrons. The molecule has 1 aromatic carbocycles. The summed E-state index contributed by atoms with van der Waals surface area (Å²) in [6.45, 7) is 2.52. The number of carbonyl (C=O) groups is 1. The van der Waals surface area contributed by atoms with Gasteiger partial charge in [0.15, 0.2) is 0 Å². The van der Waals surface area contributed by atoms with Crippen LogP contribution in [0, 0.1) is 0 Å². The maximum Gasteiger partial charge on any atom is 0.246 e. The Kier molecular flexibility index (Phi) is 4.68. The molecule has 0 aliphatic carbocycles. The van der Waals surface area contributed by atoms with Crippen molar-refractivity contribution in [1.29, 1.82) is 0 Å². The molecule has 114 valence electrons. The topological polar surface area (TPSA) is 38.1 Å². The highest BCUT2D eigenvalue weighted by Crippen LogP contribution is 2.10. The number of carbonyl (C=O) groups excluding carboxylic acids is 1. The Bertz CT molecular complexity index is 639. The van der Waals surface area contributed by atoms with Crippen molar-refractivity contribution >= 4 is 12.0 Å². The van der Waals surface area contributed by atoms with Crippen LogP contribution in [0.25, 0.3) is 6.08 Å². The Hall–Kier alpha value is -2.36. The van der Waals surface area contributed by atoms with Crippen LogP contribution in [0.3, 0.4) is 0 Å². The minimum atomic E-state index is 0.107. The third-order valence-electron chi connectivity index (χ3n) is 3.93. The van der Waals surface area contributed by atoms with Crippen LogP contribution in [-0.4, -0.2) is 33.7 Å². The molecule has 0 saturated carbocycles. The van der Waals surface area contributed by atoms with E-state index in [1.807, 2.05) is 40.1 Å². The molecule has 1 aliphatic rings. The molecule has 0 N–H and O–H groups in total. The number of aromatic nitrogens is 2. The fourth-order valence-electron chi connectivity index (χ4n) is 2.71. The number of likely N-dealkylation sites (tertiary alicyclic amines) is 1. The van der Waals surface area contributed by atoms with E-state index < -0.39 is 0 Å². The Labute approximate surface area is 131 Å². The second-order valence-electron chi connectivity index (χ2n) is 5.68. The number of rotatable bonds is 4. The van der Waals surface area contributed by atoms with Crippen LogP contribution in [-0.2, 0) is 11.3 Å². The zero-order valence-electron chi connectivity index (χ0n) is 12.7. The molecule has 4 heteroatoms. The fraction of sp³-hybridized carbons (Fsp3) is 0.333. The molecule has 0 bridgehead atoms. The van der Waals surface area contributed by atoms with Gasteiger partial charge in [0.2, 0.25) is 5.91 Å². The lowest BCUT2D eigenvalue weighted by atomic mass is 10.1. The van der Waals surface area contributed by atoms with Crippen molar-refractivity contribution in [3.63, 3.8) is 0 Å². The number of piperidine rings is 1. The molecule has 22 heavy (non-hydrogen) atoms. The summed E-state index contributed by atoms with van der Waals surface area (Å²) in [6.07, 6.45) is 10.7. The normalized spacial score (nSPS) is 15.4. The summed E-state index contributed by atoms with van der Waals surface area (Å²) in [5, 5.41) is 4.34. The van der Waals surface area contributed by atoms with Crippen molar-refractivity contribution in [3.8, 4) is 0 Å². The van der Waals surface area contributed by atoms with E-state index in [9.17, 15) is 4.79 Å². The molecule has 1 aliphatic heterocycles. The maximum absolute atomic E-state index is 12.1. The third-order valence-corrected chi connectivity index (χ3v) is 3.93. The minimum absolute atomic E-state index is 0.107. The van der Waals surface area contributed by atoms with Crippen LogP contribution in [0.4, 0.5) is 0 Å². The van der Waals surface area contributed by atoms with Crippen LogP contribution in [0.2, 0.25) is 0 Å². The Morgan fingerprint density at radius 2 is 1.91 bits per heavy atom. The molecule has 1 saturated heterocycles. The molecule has 0 spiro atoms. The second kappa shape index (κ2) is 7.07. The van der Waals surface area contributed by atoms with Crippen LogP contribution < -0.4 is 0 Å². The zero-order valence-corrected chi connectivity index (χ0v) is 12.7. The largest absolute Gasteiger partial charge is 0.339 e. The molecule has 1 amide bonds. The number of nitrogens with zero attached hydrogens (tertiary/aromatic N) is 3. The van der Waals surface area contributed by atoms with E-state index in [2.05, 4.69) is 17.2 Å². The number of amides is 1. The molecule has 3 rings (SSSR count). The van der Waals surface area contributed by atoms with Crippen molar-refractivity contribution < 1.29 is 4.79 Å². The van der Waals surface area contributed by atoms with E-state index in [4.69, 9.17) is 0 Å². The first-order valence-electron chi connectivity index (χ1n) is 7.85. The van der Waals surface area contributed by atoms with Crippen LogP contribution in [0.5, 0.6) is 0 Å². The summed E-state index contributed by atoms with van der Waals surface area (Å²) in [5.74, 6) is 0.107. The van der Waals surface area contributed by atoms with Gasteiger partial charge in [-0.25, -0.2) is 0 Å². The van der Waals surface area contributed by atoms with Crippen molar-refractivity contribution in [2.75, 3.05) is 13.1 Å². The molecule has 2 heterocycles. The lowest BCUT2D eigenvalue weighted by Gasteiger charge is -2.25. The Morgan fingerprint density at radius 3 is 2.68 bits per heavy atom. The summed E-state index contributed by atoms with van der Waals surface area (Å²) in [6, 6.07) is 10.2. The third kappa shape index (κ3) is 3.85. The van der Waals surface area contributed by atoms with Gasteiger partial charge in [-0.05, 0) is 30.9 Å². The van der Waals surface area contributed by atoms with Gasteiger partial charge in [-0.15, -0.1) is 0 Å². The smallest absolute Gasteiger partial charge is 0.246 e. The second-order valence-corrected chi connectivity index (χ2v) is 5.68. The Balaban J connectivity index is 1.59. The molecule has 1 fully saturated rings. The highest BCUT2D eigenvalue weighted by atomic mass is 16.2. The van der Waals surface area contributed by atoms with E-state index in [0.717, 1.165) is 38.0 Å². The average molecular weight is 295 g/mol. The standard InChI is InChI=1S/C18H21N3O/c22-18(20-11-5-2-6-12-20)10-9-17-13-19-21(15-17)14-16-7-3-1-4-8-16/h1,3-4,7-10,13,15H,2,5-6,11-12,14H2/b10-9+. The lowest BCUT2D eigenvalue weighted by molar-refractivity contribution is -0.126. The summed E-state index contributed by atoms with van der Waals surface area (Å²) < 4.78 is 1.89. The van der Waals surface area contributed by atoms with Crippen molar-refractivity contribution in [2.24, 2.45) is 0 Å². The average Bonchev–Trinajstić information content (AvgIpc) is 3.02. The molecule has 0 unspecified atom stereocenters. The van der Waals surface area contributed by atoms with Crippen molar-refractivity contribution in [3.05, 3.63) is 59.9 Å². The van der Waals surface area contributed by atoms with Crippen LogP contribution >= 0.6 is 0 Å². The highest BCUT2D eigenvalue weighted by molar-refractivity contribution is 5.91. The SMILES string of the molecule is O=C(/C=C/c1cnn(Cc2ccccc2)c1)N1CCCCC1. The van der Waals surface area contributed by atoms with Gasteiger partial charge in [-0.1, -0.05) is 30.3 Å². The van der Waals surface area contributed by atoms with Gasteiger partial charge in [0, 0.05) is 30.9 Å². The molecule has 0 atom stereocenters. The highest BCUT2D eigenvalue weighted by Gasteiger charge is 2.13.